The fraction of sp³-hybridized carbons (Fsp3) is 0.545. The van der Waals surface area contributed by atoms with Crippen LogP contribution in [0.1, 0.15) is 19.8 Å². The Labute approximate surface area is 107 Å². The van der Waals surface area contributed by atoms with Crippen molar-refractivity contribution in [1.82, 2.24) is 15.1 Å². The number of nitrogens with one attached hydrogen (secondary N) is 1. The molecule has 98 valence electrons. The lowest BCUT2D eigenvalue weighted by molar-refractivity contribution is -0.118. The SMILES string of the molecule is CCCCN1C=CN(CC(N)=O)C1.N#CNC#N. The summed E-state index contributed by atoms with van der Waals surface area (Å²) < 4.78 is 0. The van der Waals surface area contributed by atoms with Gasteiger partial charge in [-0.3, -0.25) is 4.79 Å². The van der Waals surface area contributed by atoms with Crippen LogP contribution in [0.4, 0.5) is 0 Å². The highest BCUT2D eigenvalue weighted by molar-refractivity contribution is 5.76. The Bertz CT molecular complexity index is 342. The van der Waals surface area contributed by atoms with Crippen molar-refractivity contribution in [3.05, 3.63) is 12.4 Å². The van der Waals surface area contributed by atoms with Gasteiger partial charge >= 0.3 is 0 Å². The topological polar surface area (TPSA) is 109 Å². The molecule has 0 aromatic rings. The number of primary amides is 1. The van der Waals surface area contributed by atoms with E-state index in [1.807, 2.05) is 17.3 Å². The van der Waals surface area contributed by atoms with E-state index < -0.39 is 0 Å². The highest BCUT2D eigenvalue weighted by Crippen LogP contribution is 2.06. The van der Waals surface area contributed by atoms with E-state index in [1.165, 1.54) is 25.2 Å². The Hall–Kier alpha value is -2.41. The van der Waals surface area contributed by atoms with E-state index >= 15 is 0 Å². The average Bonchev–Trinajstić information content (AvgIpc) is 2.75. The number of nitriles is 2. The number of carbonyl (C=O) groups is 1. The van der Waals surface area contributed by atoms with Crippen molar-refractivity contribution in [3.8, 4) is 12.4 Å². The molecule has 1 rings (SSSR count). The zero-order chi connectivity index (χ0) is 13.8. The molecule has 0 unspecified atom stereocenters. The zero-order valence-electron chi connectivity index (χ0n) is 10.5. The fourth-order valence-corrected chi connectivity index (χ4v) is 1.35. The molecule has 1 heterocycles. The van der Waals surface area contributed by atoms with E-state index in [1.54, 1.807) is 5.32 Å². The van der Waals surface area contributed by atoms with Crippen LogP contribution in [-0.2, 0) is 4.79 Å². The average molecular weight is 250 g/mol. The van der Waals surface area contributed by atoms with Gasteiger partial charge in [-0.1, -0.05) is 13.3 Å². The normalized spacial score (nSPS) is 12.2. The third-order valence-corrected chi connectivity index (χ3v) is 2.12. The highest BCUT2D eigenvalue weighted by atomic mass is 16.1. The second kappa shape index (κ2) is 9.79. The number of nitrogens with two attached hydrogens (primary N) is 1. The van der Waals surface area contributed by atoms with Crippen molar-refractivity contribution in [1.29, 1.82) is 10.5 Å². The summed E-state index contributed by atoms with van der Waals surface area (Å²) in [5, 5.41) is 16.7. The van der Waals surface area contributed by atoms with E-state index in [9.17, 15) is 4.79 Å². The predicted octanol–water partition coefficient (Wildman–Crippen LogP) is -0.144. The van der Waals surface area contributed by atoms with Crippen molar-refractivity contribution in [2.45, 2.75) is 19.8 Å². The summed E-state index contributed by atoms with van der Waals surface area (Å²) in [6, 6.07) is 0. The van der Waals surface area contributed by atoms with Crippen LogP contribution >= 0.6 is 0 Å². The Morgan fingerprint density at radius 3 is 2.44 bits per heavy atom. The molecule has 7 nitrogen and oxygen atoms in total. The molecule has 0 aromatic carbocycles. The quantitative estimate of drug-likeness (QED) is 0.519. The predicted molar refractivity (Wildman–Crippen MR) is 65.9 cm³/mol. The van der Waals surface area contributed by atoms with E-state index in [-0.39, 0.29) is 5.91 Å². The Morgan fingerprint density at radius 1 is 1.39 bits per heavy atom. The van der Waals surface area contributed by atoms with Gasteiger partial charge in [-0.25, -0.2) is 5.32 Å². The van der Waals surface area contributed by atoms with Crippen molar-refractivity contribution in [3.63, 3.8) is 0 Å². The van der Waals surface area contributed by atoms with Gasteiger partial charge in [-0.2, -0.15) is 10.5 Å². The monoisotopic (exact) mass is 250 g/mol. The van der Waals surface area contributed by atoms with Crippen LogP contribution in [0.3, 0.4) is 0 Å². The molecule has 1 aliphatic heterocycles. The van der Waals surface area contributed by atoms with Crippen LogP contribution in [0.2, 0.25) is 0 Å². The molecular formula is C11H18N6O. The van der Waals surface area contributed by atoms with Crippen molar-refractivity contribution in [2.75, 3.05) is 19.8 Å². The second-order valence-corrected chi connectivity index (χ2v) is 3.67. The minimum atomic E-state index is -0.276. The lowest BCUT2D eigenvalue weighted by atomic mass is 10.3. The second-order valence-electron chi connectivity index (χ2n) is 3.67. The molecular weight excluding hydrogens is 232 g/mol. The smallest absolute Gasteiger partial charge is 0.236 e. The van der Waals surface area contributed by atoms with Gasteiger partial charge in [-0.15, -0.1) is 0 Å². The first kappa shape index (κ1) is 15.6. The molecule has 0 saturated carbocycles. The molecule has 0 fully saturated rings. The van der Waals surface area contributed by atoms with Gasteiger partial charge in [0.05, 0.1) is 13.2 Å². The summed E-state index contributed by atoms with van der Waals surface area (Å²) in [6.45, 7) is 4.34. The van der Waals surface area contributed by atoms with Gasteiger partial charge in [0.2, 0.25) is 5.91 Å². The molecule has 18 heavy (non-hydrogen) atoms. The maximum Gasteiger partial charge on any atom is 0.236 e. The molecule has 7 heteroatoms. The Kier molecular flexibility index (Phi) is 8.48. The lowest BCUT2D eigenvalue weighted by Crippen LogP contribution is -2.33. The Balaban J connectivity index is 0.000000494. The third kappa shape index (κ3) is 7.83. The van der Waals surface area contributed by atoms with Gasteiger partial charge in [0, 0.05) is 18.9 Å². The minimum absolute atomic E-state index is 0.276. The van der Waals surface area contributed by atoms with Gasteiger partial charge in [0.25, 0.3) is 0 Å². The fourth-order valence-electron chi connectivity index (χ4n) is 1.35. The van der Waals surface area contributed by atoms with Crippen LogP contribution < -0.4 is 11.1 Å². The Morgan fingerprint density at radius 2 is 2.00 bits per heavy atom. The molecule has 0 atom stereocenters. The number of carbonyl (C=O) groups excluding carboxylic acids is 1. The van der Waals surface area contributed by atoms with E-state index in [4.69, 9.17) is 16.3 Å². The number of nitrogens with zero attached hydrogens (tertiary/aromatic N) is 4. The van der Waals surface area contributed by atoms with E-state index in [0.717, 1.165) is 13.2 Å². The van der Waals surface area contributed by atoms with Crippen LogP contribution in [0.5, 0.6) is 0 Å². The molecule has 1 aliphatic rings. The molecule has 0 radical (unpaired) electrons. The molecule has 1 amide bonds. The van der Waals surface area contributed by atoms with Gasteiger partial charge in [0.1, 0.15) is 0 Å². The summed E-state index contributed by atoms with van der Waals surface area (Å²) in [4.78, 5) is 14.7. The van der Waals surface area contributed by atoms with Crippen LogP contribution in [-0.4, -0.2) is 35.5 Å². The third-order valence-electron chi connectivity index (χ3n) is 2.12. The van der Waals surface area contributed by atoms with Crippen LogP contribution in [0, 0.1) is 22.9 Å². The molecule has 3 N–H and O–H groups in total. The maximum absolute atomic E-state index is 10.6. The highest BCUT2D eigenvalue weighted by Gasteiger charge is 2.12. The molecule has 0 saturated heterocycles. The van der Waals surface area contributed by atoms with Crippen molar-refractivity contribution in [2.24, 2.45) is 5.73 Å². The summed E-state index contributed by atoms with van der Waals surface area (Å²) in [5.41, 5.74) is 5.08. The van der Waals surface area contributed by atoms with Crippen LogP contribution in [0.15, 0.2) is 12.4 Å². The van der Waals surface area contributed by atoms with Gasteiger partial charge in [0.15, 0.2) is 12.4 Å². The first-order valence-electron chi connectivity index (χ1n) is 5.62. The summed E-state index contributed by atoms with van der Waals surface area (Å²) in [5.74, 6) is -0.276. The van der Waals surface area contributed by atoms with E-state index in [2.05, 4.69) is 11.8 Å². The summed E-state index contributed by atoms with van der Waals surface area (Å²) in [7, 11) is 0. The van der Waals surface area contributed by atoms with Gasteiger partial charge in [-0.05, 0) is 6.42 Å². The van der Waals surface area contributed by atoms with E-state index in [0.29, 0.717) is 6.54 Å². The van der Waals surface area contributed by atoms with Crippen molar-refractivity contribution >= 4 is 5.91 Å². The minimum Gasteiger partial charge on any atom is -0.368 e. The number of unbranched alkanes of at least 4 members (excludes halogenated alkanes) is 1. The number of hydrogen-bond donors (Lipinski definition) is 2. The standard InChI is InChI=1S/C9H17N3O.C2HN3/c1-2-3-4-11-5-6-12(8-11)7-9(10)13;3-1-5-2-4/h5-6H,2-4,7-8H2,1H3,(H2,10,13);5H. The first-order valence-corrected chi connectivity index (χ1v) is 5.62. The number of hydrogen-bond acceptors (Lipinski definition) is 6. The molecule has 0 aliphatic carbocycles. The number of amides is 1. The number of rotatable bonds is 5. The van der Waals surface area contributed by atoms with Crippen LogP contribution in [0.25, 0.3) is 0 Å². The maximum atomic E-state index is 10.6. The van der Waals surface area contributed by atoms with Gasteiger partial charge < -0.3 is 15.5 Å². The first-order chi connectivity index (χ1) is 8.63. The van der Waals surface area contributed by atoms with Crippen molar-refractivity contribution < 1.29 is 4.79 Å². The summed E-state index contributed by atoms with van der Waals surface area (Å²) in [6.07, 6.45) is 9.13. The molecule has 0 spiro atoms. The molecule has 0 aromatic heterocycles. The molecule has 0 bridgehead atoms. The lowest BCUT2D eigenvalue weighted by Gasteiger charge is -2.19. The largest absolute Gasteiger partial charge is 0.368 e. The zero-order valence-corrected chi connectivity index (χ0v) is 10.5. The summed E-state index contributed by atoms with van der Waals surface area (Å²) >= 11 is 0.